The molecular formula is C12H12F2O2. The van der Waals surface area contributed by atoms with Crippen molar-refractivity contribution in [1.82, 2.24) is 0 Å². The van der Waals surface area contributed by atoms with Crippen molar-refractivity contribution in [2.24, 2.45) is 0 Å². The van der Waals surface area contributed by atoms with Crippen LogP contribution in [0.15, 0.2) is 24.3 Å². The van der Waals surface area contributed by atoms with Gasteiger partial charge in [-0.3, -0.25) is 0 Å². The fourth-order valence-corrected chi connectivity index (χ4v) is 1.06. The minimum absolute atomic E-state index is 0.0208. The Labute approximate surface area is 92.9 Å². The molecule has 0 fully saturated rings. The summed E-state index contributed by atoms with van der Waals surface area (Å²) in [5.41, 5.74) is 0.552. The molecule has 0 bridgehead atoms. The average Bonchev–Trinajstić information content (AvgIpc) is 2.28. The molecular weight excluding hydrogens is 214 g/mol. The molecule has 0 saturated carbocycles. The Hall–Kier alpha value is -1.60. The van der Waals surface area contributed by atoms with E-state index in [0.29, 0.717) is 17.7 Å². The lowest BCUT2D eigenvalue weighted by Gasteiger charge is -2.06. The SMILES string of the molecule is OCCC#Cc1ccccc1OCC(F)F. The second-order valence-electron chi connectivity index (χ2n) is 2.97. The third kappa shape index (κ3) is 4.28. The van der Waals surface area contributed by atoms with Crippen molar-refractivity contribution >= 4 is 0 Å². The van der Waals surface area contributed by atoms with E-state index in [1.54, 1.807) is 24.3 Å². The average molecular weight is 226 g/mol. The van der Waals surface area contributed by atoms with Gasteiger partial charge in [0.25, 0.3) is 6.43 Å². The molecule has 86 valence electrons. The summed E-state index contributed by atoms with van der Waals surface area (Å²) < 4.78 is 28.8. The number of alkyl halides is 2. The van der Waals surface area contributed by atoms with E-state index in [1.807, 2.05) is 0 Å². The number of aliphatic hydroxyl groups is 1. The maximum atomic E-state index is 12.0. The zero-order chi connectivity index (χ0) is 11.8. The summed E-state index contributed by atoms with van der Waals surface area (Å²) in [7, 11) is 0. The van der Waals surface area contributed by atoms with Crippen LogP contribution in [0.3, 0.4) is 0 Å². The molecule has 0 heterocycles. The topological polar surface area (TPSA) is 29.5 Å². The number of halogens is 2. The zero-order valence-electron chi connectivity index (χ0n) is 8.62. The minimum atomic E-state index is -2.50. The van der Waals surface area contributed by atoms with Gasteiger partial charge in [0.05, 0.1) is 12.2 Å². The Balaban J connectivity index is 2.72. The van der Waals surface area contributed by atoms with E-state index >= 15 is 0 Å². The molecule has 16 heavy (non-hydrogen) atoms. The normalized spacial score (nSPS) is 9.75. The molecule has 0 aliphatic carbocycles. The Kier molecular flexibility index (Phi) is 5.30. The van der Waals surface area contributed by atoms with Crippen LogP contribution in [0.4, 0.5) is 8.78 Å². The van der Waals surface area contributed by atoms with Gasteiger partial charge in [-0.25, -0.2) is 8.78 Å². The first-order chi connectivity index (χ1) is 7.74. The van der Waals surface area contributed by atoms with Crippen molar-refractivity contribution < 1.29 is 18.6 Å². The van der Waals surface area contributed by atoms with E-state index in [4.69, 9.17) is 9.84 Å². The molecule has 0 aliphatic heterocycles. The number of hydrogen-bond acceptors (Lipinski definition) is 2. The second-order valence-corrected chi connectivity index (χ2v) is 2.97. The van der Waals surface area contributed by atoms with E-state index in [1.165, 1.54) is 0 Å². The molecule has 1 N–H and O–H groups in total. The molecule has 4 heteroatoms. The Morgan fingerprint density at radius 1 is 1.31 bits per heavy atom. The van der Waals surface area contributed by atoms with E-state index < -0.39 is 13.0 Å². The molecule has 0 aliphatic rings. The maximum Gasteiger partial charge on any atom is 0.272 e. The van der Waals surface area contributed by atoms with Crippen LogP contribution >= 0.6 is 0 Å². The highest BCUT2D eigenvalue weighted by atomic mass is 19.3. The van der Waals surface area contributed by atoms with Crippen LogP contribution in [0.1, 0.15) is 12.0 Å². The third-order valence-corrected chi connectivity index (χ3v) is 1.71. The number of benzene rings is 1. The van der Waals surface area contributed by atoms with E-state index in [0.717, 1.165) is 0 Å². The smallest absolute Gasteiger partial charge is 0.272 e. The Morgan fingerprint density at radius 3 is 2.75 bits per heavy atom. The molecule has 1 aromatic rings. The van der Waals surface area contributed by atoms with Crippen LogP contribution in [0.25, 0.3) is 0 Å². The molecule has 2 nitrogen and oxygen atoms in total. The van der Waals surface area contributed by atoms with Gasteiger partial charge in [-0.1, -0.05) is 24.0 Å². The van der Waals surface area contributed by atoms with Gasteiger partial charge in [0, 0.05) is 6.42 Å². The van der Waals surface area contributed by atoms with Gasteiger partial charge in [0.15, 0.2) is 0 Å². The summed E-state index contributed by atoms with van der Waals surface area (Å²) in [5.74, 6) is 5.81. The van der Waals surface area contributed by atoms with Gasteiger partial charge in [0.2, 0.25) is 0 Å². The number of aliphatic hydroxyl groups excluding tert-OH is 1. The van der Waals surface area contributed by atoms with Crippen LogP contribution in [-0.4, -0.2) is 24.7 Å². The molecule has 0 radical (unpaired) electrons. The van der Waals surface area contributed by atoms with Gasteiger partial charge >= 0.3 is 0 Å². The monoisotopic (exact) mass is 226 g/mol. The number of para-hydroxylation sites is 1. The Bertz CT molecular complexity index is 380. The summed E-state index contributed by atoms with van der Waals surface area (Å²) in [6.45, 7) is -0.661. The summed E-state index contributed by atoms with van der Waals surface area (Å²) in [5, 5.41) is 8.56. The van der Waals surface area contributed by atoms with Crippen molar-refractivity contribution in [3.63, 3.8) is 0 Å². The van der Waals surface area contributed by atoms with Gasteiger partial charge < -0.3 is 9.84 Å². The molecule has 0 saturated heterocycles. The second kappa shape index (κ2) is 6.81. The van der Waals surface area contributed by atoms with Gasteiger partial charge in [-0.15, -0.1) is 0 Å². The largest absolute Gasteiger partial charge is 0.486 e. The minimum Gasteiger partial charge on any atom is -0.486 e. The molecule has 0 amide bonds. The first-order valence-corrected chi connectivity index (χ1v) is 4.83. The molecule has 0 spiro atoms. The fraction of sp³-hybridized carbons (Fsp3) is 0.333. The van der Waals surface area contributed by atoms with Crippen molar-refractivity contribution in [2.75, 3.05) is 13.2 Å². The van der Waals surface area contributed by atoms with Crippen LogP contribution in [0.5, 0.6) is 5.75 Å². The lowest BCUT2D eigenvalue weighted by atomic mass is 10.2. The fourth-order valence-electron chi connectivity index (χ4n) is 1.06. The van der Waals surface area contributed by atoms with E-state index in [2.05, 4.69) is 11.8 Å². The van der Waals surface area contributed by atoms with Crippen LogP contribution in [0.2, 0.25) is 0 Å². The zero-order valence-corrected chi connectivity index (χ0v) is 8.62. The highest BCUT2D eigenvalue weighted by Crippen LogP contribution is 2.17. The lowest BCUT2D eigenvalue weighted by Crippen LogP contribution is -2.07. The highest BCUT2D eigenvalue weighted by molar-refractivity contribution is 5.45. The van der Waals surface area contributed by atoms with Crippen LogP contribution in [0, 0.1) is 11.8 Å². The Morgan fingerprint density at radius 2 is 2.06 bits per heavy atom. The van der Waals surface area contributed by atoms with Crippen molar-refractivity contribution in [1.29, 1.82) is 0 Å². The molecule has 0 aromatic heterocycles. The predicted molar refractivity (Wildman–Crippen MR) is 56.5 cm³/mol. The van der Waals surface area contributed by atoms with E-state index in [-0.39, 0.29) is 6.61 Å². The van der Waals surface area contributed by atoms with Crippen molar-refractivity contribution in [3.8, 4) is 17.6 Å². The summed E-state index contributed by atoms with van der Waals surface area (Å²) in [6, 6.07) is 6.72. The third-order valence-electron chi connectivity index (χ3n) is 1.71. The maximum absolute atomic E-state index is 12.0. The number of hydrogen-bond donors (Lipinski definition) is 1. The van der Waals surface area contributed by atoms with Crippen molar-refractivity contribution in [2.45, 2.75) is 12.8 Å². The summed E-state index contributed by atoms with van der Waals surface area (Å²) in [6.07, 6.45) is -2.15. The van der Waals surface area contributed by atoms with Crippen LogP contribution in [-0.2, 0) is 0 Å². The van der Waals surface area contributed by atoms with E-state index in [9.17, 15) is 8.78 Å². The molecule has 1 rings (SSSR count). The summed E-state index contributed by atoms with van der Waals surface area (Å²) >= 11 is 0. The molecule has 1 aromatic carbocycles. The lowest BCUT2D eigenvalue weighted by molar-refractivity contribution is 0.0818. The molecule has 0 atom stereocenters. The molecule has 0 unspecified atom stereocenters. The van der Waals surface area contributed by atoms with Gasteiger partial charge in [0.1, 0.15) is 12.4 Å². The standard InChI is InChI=1S/C12H12F2O2/c13-12(14)9-16-11-7-2-1-5-10(11)6-3-4-8-15/h1-2,5,7,12,15H,4,8-9H2. The number of rotatable bonds is 4. The summed E-state index contributed by atoms with van der Waals surface area (Å²) in [4.78, 5) is 0. The number of ether oxygens (including phenoxy) is 1. The quantitative estimate of drug-likeness (QED) is 0.796. The van der Waals surface area contributed by atoms with Gasteiger partial charge in [-0.05, 0) is 12.1 Å². The first-order valence-electron chi connectivity index (χ1n) is 4.83. The highest BCUT2D eigenvalue weighted by Gasteiger charge is 2.05. The van der Waals surface area contributed by atoms with Crippen LogP contribution < -0.4 is 4.74 Å². The predicted octanol–water partition coefficient (Wildman–Crippen LogP) is 2.06. The van der Waals surface area contributed by atoms with Crippen molar-refractivity contribution in [3.05, 3.63) is 29.8 Å². The van der Waals surface area contributed by atoms with Gasteiger partial charge in [-0.2, -0.15) is 0 Å². The first kappa shape index (κ1) is 12.5.